The van der Waals surface area contributed by atoms with E-state index in [1.807, 2.05) is 23.2 Å². The first kappa shape index (κ1) is 15.7. The van der Waals surface area contributed by atoms with Crippen LogP contribution in [0.15, 0.2) is 47.5 Å². The zero-order valence-electron chi connectivity index (χ0n) is 13.5. The van der Waals surface area contributed by atoms with E-state index in [1.54, 1.807) is 18.7 Å². The summed E-state index contributed by atoms with van der Waals surface area (Å²) in [5.74, 6) is 0.744. The summed E-state index contributed by atoms with van der Waals surface area (Å²) in [6.45, 7) is 3.62. The Labute approximate surface area is 136 Å². The molecule has 0 N–H and O–H groups in total. The first-order valence-electron chi connectivity index (χ1n) is 8.07. The molecule has 1 aliphatic heterocycles. The van der Waals surface area contributed by atoms with Crippen molar-refractivity contribution in [2.75, 3.05) is 26.7 Å². The molecule has 0 aliphatic carbocycles. The Morgan fingerprint density at radius 2 is 2.35 bits per heavy atom. The molecule has 0 bridgehead atoms. The van der Waals surface area contributed by atoms with Crippen molar-refractivity contribution >= 4 is 5.91 Å². The minimum Gasteiger partial charge on any atom is -0.472 e. The van der Waals surface area contributed by atoms with E-state index < -0.39 is 0 Å². The SMILES string of the molecule is CN(Cc1cccnc1)CC1CCN(C(=O)Cc2ccoc2)C1. The second-order valence-electron chi connectivity index (χ2n) is 6.36. The van der Waals surface area contributed by atoms with Gasteiger partial charge in [-0.15, -0.1) is 0 Å². The van der Waals surface area contributed by atoms with Gasteiger partial charge < -0.3 is 14.2 Å². The number of hydrogen-bond donors (Lipinski definition) is 0. The molecular formula is C18H23N3O2. The number of aromatic nitrogens is 1. The molecule has 2 aromatic heterocycles. The molecule has 2 aromatic rings. The maximum atomic E-state index is 12.3. The largest absolute Gasteiger partial charge is 0.472 e. The highest BCUT2D eigenvalue weighted by Gasteiger charge is 2.27. The monoisotopic (exact) mass is 313 g/mol. The lowest BCUT2D eigenvalue weighted by atomic mass is 10.1. The highest BCUT2D eigenvalue weighted by molar-refractivity contribution is 5.78. The number of pyridine rings is 1. The van der Waals surface area contributed by atoms with Gasteiger partial charge in [0.1, 0.15) is 0 Å². The molecule has 1 unspecified atom stereocenters. The molecule has 0 spiro atoms. The lowest BCUT2D eigenvalue weighted by Gasteiger charge is -2.21. The van der Waals surface area contributed by atoms with Gasteiger partial charge in [0, 0.05) is 38.6 Å². The fourth-order valence-electron chi connectivity index (χ4n) is 3.20. The molecule has 1 atom stereocenters. The first-order valence-corrected chi connectivity index (χ1v) is 8.07. The Morgan fingerprint density at radius 3 is 3.09 bits per heavy atom. The van der Waals surface area contributed by atoms with Crippen molar-refractivity contribution in [3.8, 4) is 0 Å². The lowest BCUT2D eigenvalue weighted by molar-refractivity contribution is -0.129. The van der Waals surface area contributed by atoms with E-state index in [4.69, 9.17) is 4.42 Å². The fourth-order valence-corrected chi connectivity index (χ4v) is 3.20. The Morgan fingerprint density at radius 1 is 1.43 bits per heavy atom. The van der Waals surface area contributed by atoms with Crippen LogP contribution in [-0.4, -0.2) is 47.4 Å². The van der Waals surface area contributed by atoms with Crippen molar-refractivity contribution in [2.24, 2.45) is 5.92 Å². The second-order valence-corrected chi connectivity index (χ2v) is 6.36. The Hall–Kier alpha value is -2.14. The van der Waals surface area contributed by atoms with Crippen molar-refractivity contribution in [1.29, 1.82) is 0 Å². The van der Waals surface area contributed by atoms with Crippen LogP contribution in [0.4, 0.5) is 0 Å². The Balaban J connectivity index is 1.45. The van der Waals surface area contributed by atoms with Gasteiger partial charge in [-0.1, -0.05) is 6.07 Å². The molecule has 3 rings (SSSR count). The average molecular weight is 313 g/mol. The van der Waals surface area contributed by atoms with Crippen LogP contribution in [0, 0.1) is 5.92 Å². The van der Waals surface area contributed by atoms with Crippen LogP contribution < -0.4 is 0 Å². The smallest absolute Gasteiger partial charge is 0.227 e. The van der Waals surface area contributed by atoms with Gasteiger partial charge in [0.2, 0.25) is 5.91 Å². The summed E-state index contributed by atoms with van der Waals surface area (Å²) in [6.07, 6.45) is 8.48. The molecule has 1 amide bonds. The van der Waals surface area contributed by atoms with Crippen LogP contribution in [0.2, 0.25) is 0 Å². The van der Waals surface area contributed by atoms with E-state index in [2.05, 4.69) is 23.0 Å². The van der Waals surface area contributed by atoms with Gasteiger partial charge in [-0.2, -0.15) is 0 Å². The summed E-state index contributed by atoms with van der Waals surface area (Å²) < 4.78 is 5.03. The molecule has 1 fully saturated rings. The van der Waals surface area contributed by atoms with Crippen LogP contribution in [0.1, 0.15) is 17.5 Å². The predicted molar refractivity (Wildman–Crippen MR) is 87.7 cm³/mol. The molecule has 1 saturated heterocycles. The normalized spacial score (nSPS) is 17.8. The van der Waals surface area contributed by atoms with Crippen molar-refractivity contribution in [1.82, 2.24) is 14.8 Å². The molecule has 5 nitrogen and oxygen atoms in total. The van der Waals surface area contributed by atoms with E-state index >= 15 is 0 Å². The summed E-state index contributed by atoms with van der Waals surface area (Å²) in [4.78, 5) is 20.7. The molecule has 0 radical (unpaired) electrons. The van der Waals surface area contributed by atoms with E-state index in [1.165, 1.54) is 5.56 Å². The van der Waals surface area contributed by atoms with E-state index in [0.29, 0.717) is 12.3 Å². The number of rotatable bonds is 6. The number of amides is 1. The van der Waals surface area contributed by atoms with Gasteiger partial charge in [0.15, 0.2) is 0 Å². The van der Waals surface area contributed by atoms with Crippen molar-refractivity contribution < 1.29 is 9.21 Å². The van der Waals surface area contributed by atoms with Crippen molar-refractivity contribution in [3.63, 3.8) is 0 Å². The van der Waals surface area contributed by atoms with Crippen LogP contribution in [-0.2, 0) is 17.8 Å². The third-order valence-electron chi connectivity index (χ3n) is 4.32. The van der Waals surface area contributed by atoms with Crippen molar-refractivity contribution in [3.05, 3.63) is 54.2 Å². The summed E-state index contributed by atoms with van der Waals surface area (Å²) in [5.41, 5.74) is 2.17. The molecule has 0 saturated carbocycles. The number of carbonyl (C=O) groups excluding carboxylic acids is 1. The molecular weight excluding hydrogens is 290 g/mol. The van der Waals surface area contributed by atoms with Gasteiger partial charge >= 0.3 is 0 Å². The molecule has 23 heavy (non-hydrogen) atoms. The summed E-state index contributed by atoms with van der Waals surface area (Å²) in [5, 5.41) is 0. The quantitative estimate of drug-likeness (QED) is 0.820. The Kier molecular flexibility index (Phi) is 5.08. The van der Waals surface area contributed by atoms with Crippen LogP contribution in [0.25, 0.3) is 0 Å². The zero-order valence-corrected chi connectivity index (χ0v) is 13.5. The average Bonchev–Trinajstić information content (AvgIpc) is 3.20. The maximum Gasteiger partial charge on any atom is 0.227 e. The number of hydrogen-bond acceptors (Lipinski definition) is 4. The fraction of sp³-hybridized carbons (Fsp3) is 0.444. The minimum atomic E-state index is 0.198. The van der Waals surface area contributed by atoms with Gasteiger partial charge in [0.25, 0.3) is 0 Å². The topological polar surface area (TPSA) is 49.6 Å². The highest BCUT2D eigenvalue weighted by atomic mass is 16.3. The predicted octanol–water partition coefficient (Wildman–Crippen LogP) is 2.20. The minimum absolute atomic E-state index is 0.198. The summed E-state index contributed by atoms with van der Waals surface area (Å²) in [6, 6.07) is 5.92. The zero-order chi connectivity index (χ0) is 16.1. The summed E-state index contributed by atoms with van der Waals surface area (Å²) in [7, 11) is 2.13. The highest BCUT2D eigenvalue weighted by Crippen LogP contribution is 2.19. The summed E-state index contributed by atoms with van der Waals surface area (Å²) >= 11 is 0. The first-order chi connectivity index (χ1) is 11.2. The number of furan rings is 1. The van der Waals surface area contributed by atoms with Crippen LogP contribution in [0.3, 0.4) is 0 Å². The lowest BCUT2D eigenvalue weighted by Crippen LogP contribution is -2.32. The van der Waals surface area contributed by atoms with E-state index in [0.717, 1.165) is 38.2 Å². The second kappa shape index (κ2) is 7.42. The maximum absolute atomic E-state index is 12.3. The number of nitrogens with zero attached hydrogens (tertiary/aromatic N) is 3. The van der Waals surface area contributed by atoms with E-state index in [-0.39, 0.29) is 5.91 Å². The molecule has 3 heterocycles. The third kappa shape index (κ3) is 4.42. The van der Waals surface area contributed by atoms with Gasteiger partial charge in [0.05, 0.1) is 18.9 Å². The van der Waals surface area contributed by atoms with Crippen molar-refractivity contribution in [2.45, 2.75) is 19.4 Å². The Bertz CT molecular complexity index is 612. The van der Waals surface area contributed by atoms with Crippen LogP contribution >= 0.6 is 0 Å². The van der Waals surface area contributed by atoms with Gasteiger partial charge in [-0.25, -0.2) is 0 Å². The van der Waals surface area contributed by atoms with E-state index in [9.17, 15) is 4.79 Å². The van der Waals surface area contributed by atoms with Gasteiger partial charge in [-0.05, 0) is 42.6 Å². The molecule has 1 aliphatic rings. The molecule has 0 aromatic carbocycles. The number of likely N-dealkylation sites (tertiary alicyclic amines) is 1. The molecule has 5 heteroatoms. The standard InChI is InChI=1S/C18H23N3O2/c1-20(11-16-3-2-6-19-10-16)12-17-4-7-21(13-17)18(22)9-15-5-8-23-14-15/h2-3,5-6,8,10,14,17H,4,7,9,11-13H2,1H3. The van der Waals surface area contributed by atoms with Crippen LogP contribution in [0.5, 0.6) is 0 Å². The van der Waals surface area contributed by atoms with Gasteiger partial charge in [-0.3, -0.25) is 9.78 Å². The molecule has 122 valence electrons. The third-order valence-corrected chi connectivity index (χ3v) is 4.32. The number of carbonyl (C=O) groups is 1.